The number of nitrogens with one attached hydrogen (secondary N) is 1. The topological polar surface area (TPSA) is 102 Å². The van der Waals surface area contributed by atoms with E-state index < -0.39 is 28.2 Å². The van der Waals surface area contributed by atoms with Crippen LogP contribution in [0.1, 0.15) is 13.3 Å². The molecule has 0 saturated carbocycles. The van der Waals surface area contributed by atoms with Gasteiger partial charge in [0.1, 0.15) is 17.2 Å². The highest BCUT2D eigenvalue weighted by Crippen LogP contribution is 2.38. The van der Waals surface area contributed by atoms with E-state index in [2.05, 4.69) is 5.32 Å². The van der Waals surface area contributed by atoms with Crippen LogP contribution in [-0.4, -0.2) is 50.4 Å². The zero-order chi connectivity index (χ0) is 17.9. The van der Waals surface area contributed by atoms with Crippen molar-refractivity contribution in [3.05, 3.63) is 24.3 Å². The molecule has 7 nitrogen and oxygen atoms in total. The third kappa shape index (κ3) is 5.10. The summed E-state index contributed by atoms with van der Waals surface area (Å²) in [5.74, 6) is -0.562. The van der Waals surface area contributed by atoms with E-state index in [-0.39, 0.29) is 17.1 Å². The van der Waals surface area contributed by atoms with Gasteiger partial charge in [-0.15, -0.1) is 0 Å². The number of ether oxygens (including phenoxy) is 1. The summed E-state index contributed by atoms with van der Waals surface area (Å²) < 4.78 is 32.9. The van der Waals surface area contributed by atoms with Crippen molar-refractivity contribution < 1.29 is 27.2 Å². The molecule has 1 saturated heterocycles. The largest absolute Gasteiger partial charge is 0.480 e. The molecular formula is C15H21NO6S2. The van der Waals surface area contributed by atoms with Crippen molar-refractivity contribution in [3.8, 4) is 5.75 Å². The molecule has 0 amide bonds. The Balaban J connectivity index is 1.98. The summed E-state index contributed by atoms with van der Waals surface area (Å²) in [6.07, 6.45) is 1.34. The fourth-order valence-corrected chi connectivity index (χ4v) is 4.26. The van der Waals surface area contributed by atoms with Crippen molar-refractivity contribution in [1.29, 1.82) is 0 Å². The van der Waals surface area contributed by atoms with Gasteiger partial charge in [-0.05, 0) is 43.7 Å². The molecule has 9 heteroatoms. The molecule has 24 heavy (non-hydrogen) atoms. The molecule has 0 radical (unpaired) electrons. The summed E-state index contributed by atoms with van der Waals surface area (Å²) in [5.41, 5.74) is -0.151. The Morgan fingerprint density at radius 3 is 2.54 bits per heavy atom. The molecular weight excluding hydrogens is 354 g/mol. The van der Waals surface area contributed by atoms with Crippen molar-refractivity contribution in [2.45, 2.75) is 35.8 Å². The van der Waals surface area contributed by atoms with Crippen molar-refractivity contribution in [1.82, 2.24) is 5.32 Å². The quantitative estimate of drug-likeness (QED) is 0.692. The van der Waals surface area contributed by atoms with Crippen LogP contribution in [0, 0.1) is 5.92 Å². The molecule has 1 aliphatic rings. The number of benzene rings is 1. The number of carboxylic acids is 1. The maximum atomic E-state index is 11.3. The average Bonchev–Trinajstić information content (AvgIpc) is 2.81. The molecule has 0 spiro atoms. The number of thioether (sulfide) groups is 1. The standard InChI is InChI=1S/C15H21NO6S2/c1-9-8-12(21-14(9)13(16-2)15(17)18)23-11-6-4-10(5-7-11)22-24(3,19)20/h4-7,9,12-14,16H,8H2,1-3H3,(H,17,18)/t9-,12?,13?,14-/m1/s1. The highest BCUT2D eigenvalue weighted by atomic mass is 32.2. The predicted octanol–water partition coefficient (Wildman–Crippen LogP) is 1.54. The summed E-state index contributed by atoms with van der Waals surface area (Å²) in [7, 11) is -1.93. The minimum Gasteiger partial charge on any atom is -0.480 e. The van der Waals surface area contributed by atoms with Crippen LogP contribution in [0.15, 0.2) is 29.2 Å². The molecule has 2 unspecified atom stereocenters. The Bertz CT molecular complexity index is 676. The fourth-order valence-electron chi connectivity index (χ4n) is 2.61. The molecule has 1 aliphatic heterocycles. The molecule has 134 valence electrons. The molecule has 2 rings (SSSR count). The maximum absolute atomic E-state index is 11.3. The molecule has 2 N–H and O–H groups in total. The van der Waals surface area contributed by atoms with Gasteiger partial charge in [0.15, 0.2) is 0 Å². The van der Waals surface area contributed by atoms with Gasteiger partial charge in [-0.2, -0.15) is 8.42 Å². The number of aliphatic carboxylic acids is 1. The second-order valence-corrected chi connectivity index (χ2v) is 8.53. The molecule has 0 aliphatic carbocycles. The summed E-state index contributed by atoms with van der Waals surface area (Å²) in [5, 5.41) is 12.0. The molecule has 0 aromatic heterocycles. The first kappa shape index (κ1) is 19.0. The van der Waals surface area contributed by atoms with Crippen LogP contribution in [0.3, 0.4) is 0 Å². The summed E-state index contributed by atoms with van der Waals surface area (Å²) in [6, 6.07) is 5.91. The van der Waals surface area contributed by atoms with Gasteiger partial charge in [-0.1, -0.05) is 18.7 Å². The SMILES string of the molecule is CNC(C(=O)O)[C@@H]1OC(Sc2ccc(OS(C)(=O)=O)cc2)C[C@H]1C. The zero-order valence-corrected chi connectivity index (χ0v) is 15.3. The molecule has 1 fully saturated rings. The van der Waals surface area contributed by atoms with Crippen molar-refractivity contribution in [2.75, 3.05) is 13.3 Å². The third-order valence-corrected chi connectivity index (χ3v) is 5.28. The van der Waals surface area contributed by atoms with Gasteiger partial charge in [-0.3, -0.25) is 4.79 Å². The lowest BCUT2D eigenvalue weighted by Gasteiger charge is -2.22. The van der Waals surface area contributed by atoms with Gasteiger partial charge in [0.05, 0.1) is 12.4 Å². The Hall–Kier alpha value is -1.29. The van der Waals surface area contributed by atoms with Crippen LogP contribution in [-0.2, 0) is 19.6 Å². The Morgan fingerprint density at radius 2 is 2.04 bits per heavy atom. The van der Waals surface area contributed by atoms with E-state index >= 15 is 0 Å². The Morgan fingerprint density at radius 1 is 1.42 bits per heavy atom. The fraction of sp³-hybridized carbons (Fsp3) is 0.533. The number of carboxylic acid groups (broad SMARTS) is 1. The smallest absolute Gasteiger partial charge is 0.323 e. The summed E-state index contributed by atoms with van der Waals surface area (Å²) >= 11 is 1.48. The highest BCUT2D eigenvalue weighted by molar-refractivity contribution is 7.99. The number of carbonyl (C=O) groups is 1. The first-order valence-electron chi connectivity index (χ1n) is 7.41. The van der Waals surface area contributed by atoms with Gasteiger partial charge >= 0.3 is 16.1 Å². The first-order valence-corrected chi connectivity index (χ1v) is 10.1. The molecule has 4 atom stereocenters. The van der Waals surface area contributed by atoms with Crippen LogP contribution in [0.4, 0.5) is 0 Å². The van der Waals surface area contributed by atoms with Gasteiger partial charge in [0, 0.05) is 4.90 Å². The van der Waals surface area contributed by atoms with E-state index in [0.717, 1.165) is 17.6 Å². The number of hydrogen-bond donors (Lipinski definition) is 2. The normalized spacial score (nSPS) is 25.4. The van der Waals surface area contributed by atoms with Gasteiger partial charge in [-0.25, -0.2) is 0 Å². The summed E-state index contributed by atoms with van der Waals surface area (Å²) in [4.78, 5) is 12.2. The highest BCUT2D eigenvalue weighted by Gasteiger charge is 2.40. The van der Waals surface area contributed by atoms with E-state index in [0.29, 0.717) is 0 Å². The van der Waals surface area contributed by atoms with E-state index in [1.165, 1.54) is 11.8 Å². The Labute approximate surface area is 145 Å². The van der Waals surface area contributed by atoms with Crippen molar-refractivity contribution in [2.24, 2.45) is 5.92 Å². The lowest BCUT2D eigenvalue weighted by Crippen LogP contribution is -2.46. The molecule has 1 aromatic rings. The Kier molecular flexibility index (Phi) is 6.13. The van der Waals surface area contributed by atoms with Gasteiger partial charge in [0.25, 0.3) is 0 Å². The maximum Gasteiger partial charge on any atom is 0.323 e. The van der Waals surface area contributed by atoms with E-state index in [1.54, 1.807) is 31.3 Å². The first-order chi connectivity index (χ1) is 11.2. The molecule has 0 bridgehead atoms. The van der Waals surface area contributed by atoms with Crippen molar-refractivity contribution >= 4 is 27.8 Å². The molecule has 1 heterocycles. The number of hydrogen-bond acceptors (Lipinski definition) is 7. The van der Waals surface area contributed by atoms with Crippen molar-refractivity contribution in [3.63, 3.8) is 0 Å². The van der Waals surface area contributed by atoms with Crippen LogP contribution < -0.4 is 9.50 Å². The predicted molar refractivity (Wildman–Crippen MR) is 90.7 cm³/mol. The number of rotatable bonds is 7. The average molecular weight is 375 g/mol. The minimum atomic E-state index is -3.54. The lowest BCUT2D eigenvalue weighted by atomic mass is 9.98. The van der Waals surface area contributed by atoms with E-state index in [4.69, 9.17) is 8.92 Å². The van der Waals surface area contributed by atoms with Crippen LogP contribution in [0.2, 0.25) is 0 Å². The van der Waals surface area contributed by atoms with Gasteiger partial charge < -0.3 is 19.3 Å². The number of likely N-dealkylation sites (N-methyl/N-ethyl adjacent to an activating group) is 1. The van der Waals surface area contributed by atoms with Crippen LogP contribution in [0.25, 0.3) is 0 Å². The third-order valence-electron chi connectivity index (χ3n) is 3.68. The van der Waals surface area contributed by atoms with Crippen LogP contribution in [0.5, 0.6) is 5.75 Å². The van der Waals surface area contributed by atoms with E-state index in [1.807, 2.05) is 6.92 Å². The second-order valence-electron chi connectivity index (χ2n) is 5.72. The minimum absolute atomic E-state index is 0.115. The monoisotopic (exact) mass is 375 g/mol. The molecule has 1 aromatic carbocycles. The summed E-state index contributed by atoms with van der Waals surface area (Å²) in [6.45, 7) is 1.97. The zero-order valence-electron chi connectivity index (χ0n) is 13.6. The lowest BCUT2D eigenvalue weighted by molar-refractivity contribution is -0.143. The van der Waals surface area contributed by atoms with Crippen LogP contribution >= 0.6 is 11.8 Å². The van der Waals surface area contributed by atoms with E-state index in [9.17, 15) is 18.3 Å². The van der Waals surface area contributed by atoms with Gasteiger partial charge in [0.2, 0.25) is 0 Å². The second kappa shape index (κ2) is 7.73.